The summed E-state index contributed by atoms with van der Waals surface area (Å²) in [5.74, 6) is -1.72. The zero-order valence-electron chi connectivity index (χ0n) is 15.5. The van der Waals surface area contributed by atoms with Gasteiger partial charge in [-0.05, 0) is 37.3 Å². The third-order valence-corrected chi connectivity index (χ3v) is 3.71. The zero-order chi connectivity index (χ0) is 20.7. The van der Waals surface area contributed by atoms with Crippen LogP contribution in [0.1, 0.15) is 17.3 Å². The van der Waals surface area contributed by atoms with Crippen molar-refractivity contribution in [2.45, 2.75) is 13.0 Å². The van der Waals surface area contributed by atoms with Crippen LogP contribution in [-0.2, 0) is 9.59 Å². The van der Waals surface area contributed by atoms with Crippen LogP contribution in [0.5, 0.6) is 11.5 Å². The number of azo groups is 1. The van der Waals surface area contributed by atoms with Crippen LogP contribution in [0.4, 0.5) is 11.4 Å². The van der Waals surface area contributed by atoms with Gasteiger partial charge in [-0.3, -0.25) is 9.59 Å². The van der Waals surface area contributed by atoms with Crippen LogP contribution in [0.2, 0.25) is 0 Å². The molecule has 28 heavy (non-hydrogen) atoms. The number of Topliss-reactive ketones (excluding diaryl/α,β-unsaturated/α-hetero) is 1. The number of nitrogens with zero attached hydrogens (tertiary/aromatic N) is 2. The Morgan fingerprint density at radius 1 is 1.04 bits per heavy atom. The Kier molecular flexibility index (Phi) is 6.80. The molecule has 2 aromatic carbocycles. The van der Waals surface area contributed by atoms with Crippen LogP contribution in [0.15, 0.2) is 52.7 Å². The van der Waals surface area contributed by atoms with Crippen molar-refractivity contribution in [1.29, 1.82) is 0 Å². The SMILES string of the molecule is COc1ccc(C(=O)O)cc1N=NC(C(C)=O)C(=O)Nc1ccccc1OC. The summed E-state index contributed by atoms with van der Waals surface area (Å²) >= 11 is 0. The standard InChI is InChI=1S/C19H19N3O6/c1-11(23)17(18(24)20-13-6-4-5-7-15(13)27-2)22-21-14-10-12(19(25)26)8-9-16(14)28-3/h4-10,17H,1-3H3,(H,20,24)(H,25,26). The smallest absolute Gasteiger partial charge is 0.335 e. The molecule has 0 fully saturated rings. The summed E-state index contributed by atoms with van der Waals surface area (Å²) < 4.78 is 10.3. The molecule has 146 valence electrons. The highest BCUT2D eigenvalue weighted by Gasteiger charge is 2.24. The lowest BCUT2D eigenvalue weighted by Gasteiger charge is -2.12. The monoisotopic (exact) mass is 385 g/mol. The molecular weight excluding hydrogens is 366 g/mol. The minimum absolute atomic E-state index is 0.0346. The predicted molar refractivity (Wildman–Crippen MR) is 101 cm³/mol. The average Bonchev–Trinajstić information content (AvgIpc) is 2.68. The first-order valence-corrected chi connectivity index (χ1v) is 8.14. The van der Waals surface area contributed by atoms with Gasteiger partial charge in [0.15, 0.2) is 5.78 Å². The summed E-state index contributed by atoms with van der Waals surface area (Å²) in [5, 5.41) is 19.3. The van der Waals surface area contributed by atoms with Gasteiger partial charge in [0, 0.05) is 0 Å². The highest BCUT2D eigenvalue weighted by molar-refractivity contribution is 6.10. The number of amides is 1. The van der Waals surface area contributed by atoms with E-state index in [2.05, 4.69) is 15.5 Å². The Labute approximate surface area is 161 Å². The zero-order valence-corrected chi connectivity index (χ0v) is 15.5. The maximum absolute atomic E-state index is 12.5. The molecule has 0 heterocycles. The summed E-state index contributed by atoms with van der Waals surface area (Å²) in [4.78, 5) is 35.5. The predicted octanol–water partition coefficient (Wildman–Crippen LogP) is 3.08. The van der Waals surface area contributed by atoms with E-state index in [0.29, 0.717) is 11.4 Å². The van der Waals surface area contributed by atoms with Gasteiger partial charge in [0.1, 0.15) is 17.2 Å². The number of carboxylic acids is 1. The van der Waals surface area contributed by atoms with Crippen molar-refractivity contribution in [1.82, 2.24) is 0 Å². The van der Waals surface area contributed by atoms with Gasteiger partial charge in [-0.15, -0.1) is 0 Å². The first kappa shape index (κ1) is 20.6. The molecule has 1 atom stereocenters. The fourth-order valence-electron chi connectivity index (χ4n) is 2.29. The van der Waals surface area contributed by atoms with Crippen molar-refractivity contribution >= 4 is 29.0 Å². The Hall–Kier alpha value is -3.75. The number of rotatable bonds is 8. The normalized spacial score (nSPS) is 11.7. The lowest BCUT2D eigenvalue weighted by molar-refractivity contribution is -0.126. The lowest BCUT2D eigenvalue weighted by Crippen LogP contribution is -2.31. The molecule has 2 N–H and O–H groups in total. The van der Waals surface area contributed by atoms with E-state index in [1.54, 1.807) is 24.3 Å². The Bertz CT molecular complexity index is 926. The number of anilines is 1. The topological polar surface area (TPSA) is 127 Å². The number of hydrogen-bond donors (Lipinski definition) is 2. The molecule has 0 aliphatic heterocycles. The van der Waals surface area contributed by atoms with E-state index >= 15 is 0 Å². The molecule has 0 aliphatic rings. The summed E-state index contributed by atoms with van der Waals surface area (Å²) in [6.45, 7) is 1.20. The first-order chi connectivity index (χ1) is 13.4. The number of hydrogen-bond acceptors (Lipinski definition) is 7. The summed E-state index contributed by atoms with van der Waals surface area (Å²) in [5.41, 5.74) is 0.424. The van der Waals surface area contributed by atoms with Gasteiger partial charge in [-0.25, -0.2) is 4.79 Å². The van der Waals surface area contributed by atoms with Crippen molar-refractivity contribution in [3.63, 3.8) is 0 Å². The van der Waals surface area contributed by atoms with E-state index in [9.17, 15) is 14.4 Å². The van der Waals surface area contributed by atoms with Crippen molar-refractivity contribution in [3.8, 4) is 11.5 Å². The Morgan fingerprint density at radius 3 is 2.32 bits per heavy atom. The van der Waals surface area contributed by atoms with Crippen molar-refractivity contribution in [3.05, 3.63) is 48.0 Å². The molecule has 9 heteroatoms. The number of nitrogens with one attached hydrogen (secondary N) is 1. The molecule has 2 rings (SSSR count). The molecule has 0 spiro atoms. The van der Waals surface area contributed by atoms with Crippen LogP contribution >= 0.6 is 0 Å². The summed E-state index contributed by atoms with van der Waals surface area (Å²) in [7, 11) is 2.83. The number of para-hydroxylation sites is 2. The number of ether oxygens (including phenoxy) is 2. The summed E-state index contributed by atoms with van der Waals surface area (Å²) in [6.07, 6.45) is 0. The second-order valence-electron chi connectivity index (χ2n) is 5.61. The second kappa shape index (κ2) is 9.26. The van der Waals surface area contributed by atoms with Crippen LogP contribution in [0.3, 0.4) is 0 Å². The highest BCUT2D eigenvalue weighted by atomic mass is 16.5. The van der Waals surface area contributed by atoms with Gasteiger partial charge >= 0.3 is 5.97 Å². The number of ketones is 1. The fraction of sp³-hybridized carbons (Fsp3) is 0.211. The van der Waals surface area contributed by atoms with Crippen molar-refractivity contribution in [2.75, 3.05) is 19.5 Å². The van der Waals surface area contributed by atoms with E-state index in [4.69, 9.17) is 14.6 Å². The quantitative estimate of drug-likeness (QED) is 0.531. The molecule has 0 radical (unpaired) electrons. The van der Waals surface area contributed by atoms with E-state index in [1.165, 1.54) is 39.3 Å². The number of carbonyl (C=O) groups excluding carboxylic acids is 2. The fourth-order valence-corrected chi connectivity index (χ4v) is 2.29. The third-order valence-electron chi connectivity index (χ3n) is 3.71. The maximum Gasteiger partial charge on any atom is 0.335 e. The van der Waals surface area contributed by atoms with E-state index in [1.807, 2.05) is 0 Å². The van der Waals surface area contributed by atoms with Crippen LogP contribution in [0.25, 0.3) is 0 Å². The van der Waals surface area contributed by atoms with Gasteiger partial charge in [0.25, 0.3) is 5.91 Å². The summed E-state index contributed by atoms with van der Waals surface area (Å²) in [6, 6.07) is 9.27. The van der Waals surface area contributed by atoms with Gasteiger partial charge in [-0.2, -0.15) is 10.2 Å². The van der Waals surface area contributed by atoms with E-state index < -0.39 is 23.7 Å². The number of aromatic carboxylic acids is 1. The number of carboxylic acid groups (broad SMARTS) is 1. The molecule has 0 bridgehead atoms. The Balaban J connectivity index is 2.30. The maximum atomic E-state index is 12.5. The molecule has 0 aliphatic carbocycles. The molecule has 0 saturated carbocycles. The first-order valence-electron chi connectivity index (χ1n) is 8.14. The van der Waals surface area contributed by atoms with Crippen LogP contribution < -0.4 is 14.8 Å². The van der Waals surface area contributed by atoms with Crippen molar-refractivity contribution < 1.29 is 29.0 Å². The van der Waals surface area contributed by atoms with Gasteiger partial charge < -0.3 is 19.9 Å². The molecule has 1 amide bonds. The lowest BCUT2D eigenvalue weighted by atomic mass is 10.2. The minimum Gasteiger partial charge on any atom is -0.495 e. The highest BCUT2D eigenvalue weighted by Crippen LogP contribution is 2.29. The molecular formula is C19H19N3O6. The average molecular weight is 385 g/mol. The van der Waals surface area contributed by atoms with Gasteiger partial charge in [0.2, 0.25) is 6.04 Å². The third kappa shape index (κ3) is 4.91. The Morgan fingerprint density at radius 2 is 1.71 bits per heavy atom. The second-order valence-corrected chi connectivity index (χ2v) is 5.61. The van der Waals surface area contributed by atoms with Crippen LogP contribution in [-0.4, -0.2) is 43.0 Å². The number of benzene rings is 2. The van der Waals surface area contributed by atoms with Crippen LogP contribution in [0, 0.1) is 0 Å². The molecule has 9 nitrogen and oxygen atoms in total. The number of methoxy groups -OCH3 is 2. The largest absolute Gasteiger partial charge is 0.495 e. The van der Waals surface area contributed by atoms with E-state index in [-0.39, 0.29) is 17.0 Å². The molecule has 0 aromatic heterocycles. The molecule has 2 aromatic rings. The van der Waals surface area contributed by atoms with Gasteiger partial charge in [-0.1, -0.05) is 12.1 Å². The van der Waals surface area contributed by atoms with Gasteiger partial charge in [0.05, 0.1) is 25.5 Å². The number of carbonyl (C=O) groups is 3. The van der Waals surface area contributed by atoms with E-state index in [0.717, 1.165) is 0 Å². The van der Waals surface area contributed by atoms with Crippen molar-refractivity contribution in [2.24, 2.45) is 10.2 Å². The minimum atomic E-state index is -1.43. The molecule has 1 unspecified atom stereocenters. The molecule has 0 saturated heterocycles.